The Balaban J connectivity index is 2.18. The van der Waals surface area contributed by atoms with Gasteiger partial charge in [-0.05, 0) is 49.4 Å². The van der Waals surface area contributed by atoms with Gasteiger partial charge >= 0.3 is 0 Å². The molecule has 26 heavy (non-hydrogen) atoms. The van der Waals surface area contributed by atoms with Gasteiger partial charge in [0.2, 0.25) is 0 Å². The smallest absolute Gasteiger partial charge is 0.142 e. The molecule has 0 unspecified atom stereocenters. The second kappa shape index (κ2) is 7.42. The molecule has 0 atom stereocenters. The van der Waals surface area contributed by atoms with Crippen molar-refractivity contribution < 1.29 is 9.13 Å². The number of ether oxygens (including phenoxy) is 1. The van der Waals surface area contributed by atoms with E-state index in [2.05, 4.69) is 4.98 Å². The third-order valence-corrected chi connectivity index (χ3v) is 4.17. The second-order valence-electron chi connectivity index (χ2n) is 5.48. The van der Waals surface area contributed by atoms with Crippen LogP contribution < -0.4 is 10.5 Å². The molecule has 0 spiro atoms. The van der Waals surface area contributed by atoms with E-state index in [9.17, 15) is 9.65 Å². The van der Waals surface area contributed by atoms with Gasteiger partial charge in [0.25, 0.3) is 0 Å². The van der Waals surface area contributed by atoms with E-state index in [1.807, 2.05) is 37.3 Å². The monoisotopic (exact) mass is 367 g/mol. The number of hydrogen-bond acceptors (Lipinski definition) is 4. The molecule has 3 aromatic rings. The predicted molar refractivity (Wildman–Crippen MR) is 100 cm³/mol. The largest absolute Gasteiger partial charge is 0.494 e. The number of pyridine rings is 1. The lowest BCUT2D eigenvalue weighted by molar-refractivity contribution is 0.340. The van der Waals surface area contributed by atoms with Crippen LogP contribution in [-0.2, 0) is 0 Å². The molecule has 0 saturated heterocycles. The van der Waals surface area contributed by atoms with E-state index >= 15 is 0 Å². The Bertz CT molecular complexity index is 977. The van der Waals surface area contributed by atoms with Crippen molar-refractivity contribution in [3.8, 4) is 34.2 Å². The van der Waals surface area contributed by atoms with Gasteiger partial charge in [0.05, 0.1) is 17.3 Å². The van der Waals surface area contributed by atoms with Crippen LogP contribution in [0.15, 0.2) is 48.5 Å². The van der Waals surface area contributed by atoms with Gasteiger partial charge in [0.1, 0.15) is 29.0 Å². The fourth-order valence-electron chi connectivity index (χ4n) is 2.67. The molecule has 0 radical (unpaired) electrons. The van der Waals surface area contributed by atoms with E-state index in [-0.39, 0.29) is 22.0 Å². The predicted octanol–water partition coefficient (Wildman–Crippen LogP) is 5.06. The van der Waals surface area contributed by atoms with Crippen molar-refractivity contribution in [3.05, 3.63) is 64.9 Å². The van der Waals surface area contributed by atoms with Crippen molar-refractivity contribution in [1.29, 1.82) is 5.26 Å². The van der Waals surface area contributed by atoms with Crippen LogP contribution in [-0.4, -0.2) is 11.6 Å². The maximum absolute atomic E-state index is 14.4. The van der Waals surface area contributed by atoms with E-state index < -0.39 is 5.82 Å². The lowest BCUT2D eigenvalue weighted by atomic mass is 9.98. The molecule has 1 heterocycles. The summed E-state index contributed by atoms with van der Waals surface area (Å²) in [5.74, 6) is 0.223. The average molecular weight is 368 g/mol. The number of halogens is 2. The zero-order valence-electron chi connectivity index (χ0n) is 14.0. The number of hydrogen-bond donors (Lipinski definition) is 1. The first kappa shape index (κ1) is 17.7. The quantitative estimate of drug-likeness (QED) is 0.699. The number of aromatic nitrogens is 1. The lowest BCUT2D eigenvalue weighted by Gasteiger charge is -2.12. The molecular weight excluding hydrogens is 353 g/mol. The zero-order chi connectivity index (χ0) is 18.7. The van der Waals surface area contributed by atoms with Gasteiger partial charge in [-0.25, -0.2) is 9.37 Å². The molecule has 0 bridgehead atoms. The Morgan fingerprint density at radius 1 is 1.23 bits per heavy atom. The normalized spacial score (nSPS) is 10.4. The molecule has 0 aliphatic heterocycles. The number of nitrogens with zero attached hydrogens (tertiary/aromatic N) is 2. The van der Waals surface area contributed by atoms with Crippen LogP contribution in [0.4, 0.5) is 10.2 Å². The highest BCUT2D eigenvalue weighted by Gasteiger charge is 2.18. The summed E-state index contributed by atoms with van der Waals surface area (Å²) in [7, 11) is 0. The fourth-order valence-corrected chi connectivity index (χ4v) is 2.94. The molecule has 0 saturated carbocycles. The summed E-state index contributed by atoms with van der Waals surface area (Å²) in [5, 5.41) is 9.65. The molecule has 6 heteroatoms. The summed E-state index contributed by atoms with van der Waals surface area (Å²) in [4.78, 5) is 4.28. The Labute approximate surface area is 155 Å². The minimum atomic E-state index is -0.530. The van der Waals surface area contributed by atoms with Gasteiger partial charge < -0.3 is 10.5 Å². The highest BCUT2D eigenvalue weighted by atomic mass is 35.5. The minimum Gasteiger partial charge on any atom is -0.494 e. The van der Waals surface area contributed by atoms with Crippen molar-refractivity contribution in [1.82, 2.24) is 4.98 Å². The summed E-state index contributed by atoms with van der Waals surface area (Å²) in [5.41, 5.74) is 7.77. The van der Waals surface area contributed by atoms with Crippen molar-refractivity contribution in [2.24, 2.45) is 0 Å². The Hall–Kier alpha value is -3.10. The van der Waals surface area contributed by atoms with Gasteiger partial charge in [-0.3, -0.25) is 0 Å². The number of anilines is 1. The summed E-state index contributed by atoms with van der Waals surface area (Å²) < 4.78 is 19.8. The first-order valence-electron chi connectivity index (χ1n) is 7.93. The van der Waals surface area contributed by atoms with Gasteiger partial charge in [0.15, 0.2) is 0 Å². The second-order valence-corrected chi connectivity index (χ2v) is 5.89. The Morgan fingerprint density at radius 3 is 2.58 bits per heavy atom. The molecule has 130 valence electrons. The van der Waals surface area contributed by atoms with Crippen molar-refractivity contribution in [2.45, 2.75) is 6.92 Å². The van der Waals surface area contributed by atoms with Crippen LogP contribution in [0.3, 0.4) is 0 Å². The van der Waals surface area contributed by atoms with E-state index in [4.69, 9.17) is 22.1 Å². The molecule has 1 aromatic heterocycles. The summed E-state index contributed by atoms with van der Waals surface area (Å²) in [6.07, 6.45) is 0. The molecule has 4 nitrogen and oxygen atoms in total. The van der Waals surface area contributed by atoms with Crippen molar-refractivity contribution in [3.63, 3.8) is 0 Å². The van der Waals surface area contributed by atoms with Crippen LogP contribution in [0.5, 0.6) is 5.75 Å². The number of nitrogen functional groups attached to an aromatic ring is 1. The first-order valence-corrected chi connectivity index (χ1v) is 8.31. The van der Waals surface area contributed by atoms with E-state index in [1.54, 1.807) is 12.1 Å². The first-order chi connectivity index (χ1) is 12.5. The van der Waals surface area contributed by atoms with Crippen molar-refractivity contribution >= 4 is 17.4 Å². The van der Waals surface area contributed by atoms with Crippen LogP contribution in [0.25, 0.3) is 22.4 Å². The summed E-state index contributed by atoms with van der Waals surface area (Å²) in [6, 6.07) is 15.2. The lowest BCUT2D eigenvalue weighted by Crippen LogP contribution is -2.01. The highest BCUT2D eigenvalue weighted by molar-refractivity contribution is 6.33. The van der Waals surface area contributed by atoms with Gasteiger partial charge in [0, 0.05) is 16.7 Å². The SMILES string of the molecule is CCOc1ccc(-c2cc(-c3c(F)cccc3Cl)c(C#N)c(N)n2)cc1. The molecular formula is C20H15ClFN3O. The Morgan fingerprint density at radius 2 is 1.96 bits per heavy atom. The number of benzene rings is 2. The number of nitrogens with two attached hydrogens (primary N) is 1. The maximum Gasteiger partial charge on any atom is 0.142 e. The van der Waals surface area contributed by atoms with Crippen LogP contribution in [0.1, 0.15) is 12.5 Å². The van der Waals surface area contributed by atoms with Gasteiger partial charge in [-0.1, -0.05) is 17.7 Å². The third-order valence-electron chi connectivity index (χ3n) is 3.85. The minimum absolute atomic E-state index is 0.0215. The number of nitriles is 1. The highest BCUT2D eigenvalue weighted by Crippen LogP contribution is 2.36. The molecule has 0 aliphatic rings. The fraction of sp³-hybridized carbons (Fsp3) is 0.100. The van der Waals surface area contributed by atoms with Gasteiger partial charge in [-0.2, -0.15) is 5.26 Å². The van der Waals surface area contributed by atoms with Gasteiger partial charge in [-0.15, -0.1) is 0 Å². The van der Waals surface area contributed by atoms with E-state index in [0.717, 1.165) is 11.3 Å². The summed E-state index contributed by atoms with van der Waals surface area (Å²) >= 11 is 6.17. The van der Waals surface area contributed by atoms with Crippen molar-refractivity contribution in [2.75, 3.05) is 12.3 Å². The maximum atomic E-state index is 14.4. The molecule has 0 fully saturated rings. The van der Waals surface area contributed by atoms with E-state index in [1.165, 1.54) is 12.1 Å². The zero-order valence-corrected chi connectivity index (χ0v) is 14.7. The summed E-state index contributed by atoms with van der Waals surface area (Å²) in [6.45, 7) is 2.47. The molecule has 2 aromatic carbocycles. The van der Waals surface area contributed by atoms with Crippen LogP contribution >= 0.6 is 11.6 Å². The van der Waals surface area contributed by atoms with Crippen LogP contribution in [0.2, 0.25) is 5.02 Å². The molecule has 3 rings (SSSR count). The molecule has 0 amide bonds. The topological polar surface area (TPSA) is 71.9 Å². The molecule has 0 aliphatic carbocycles. The standard InChI is InChI=1S/C20H15ClFN3O/c1-2-26-13-8-6-12(7-9-13)18-10-14(15(11-23)20(24)25-18)19-16(21)4-3-5-17(19)22/h3-10H,2H2,1H3,(H2,24,25). The van der Waals surface area contributed by atoms with Crippen LogP contribution in [0, 0.1) is 17.1 Å². The average Bonchev–Trinajstić information content (AvgIpc) is 2.62. The molecule has 2 N–H and O–H groups in total. The Kier molecular flexibility index (Phi) is 5.06. The van der Waals surface area contributed by atoms with E-state index in [0.29, 0.717) is 17.9 Å². The number of rotatable bonds is 4. The third kappa shape index (κ3) is 3.32.